The van der Waals surface area contributed by atoms with Gasteiger partial charge in [0, 0.05) is 12.1 Å². The van der Waals surface area contributed by atoms with E-state index in [0.29, 0.717) is 0 Å². The minimum absolute atomic E-state index is 0.0520. The van der Waals surface area contributed by atoms with Crippen LogP contribution in [0.3, 0.4) is 0 Å². The maximum atomic E-state index is 13.6. The number of benzene rings is 1. The van der Waals surface area contributed by atoms with Crippen LogP contribution in [0.1, 0.15) is 19.4 Å². The quantitative estimate of drug-likeness (QED) is 0.876. The molecule has 0 aromatic heterocycles. The van der Waals surface area contributed by atoms with E-state index in [2.05, 4.69) is 5.32 Å². The Morgan fingerprint density at radius 3 is 2.68 bits per heavy atom. The first-order valence-corrected chi connectivity index (χ1v) is 5.85. The van der Waals surface area contributed by atoms with E-state index in [1.165, 1.54) is 4.90 Å². The second-order valence-electron chi connectivity index (χ2n) is 4.96. The van der Waals surface area contributed by atoms with Gasteiger partial charge < -0.3 is 10.2 Å². The van der Waals surface area contributed by atoms with Crippen molar-refractivity contribution in [1.82, 2.24) is 10.2 Å². The second-order valence-corrected chi connectivity index (χ2v) is 4.96. The number of carbonyl (C=O) groups is 2. The first-order chi connectivity index (χ1) is 8.82. The van der Waals surface area contributed by atoms with Crippen LogP contribution in [0.2, 0.25) is 0 Å². The fourth-order valence-corrected chi connectivity index (χ4v) is 2.02. The molecule has 0 aliphatic carbocycles. The summed E-state index contributed by atoms with van der Waals surface area (Å²) in [4.78, 5) is 24.8. The molecular weight excluding hydrogens is 254 g/mol. The lowest BCUT2D eigenvalue weighted by atomic mass is 9.97. The molecule has 0 spiro atoms. The smallest absolute Gasteiger partial charge is 0.245 e. The number of halogens is 2. The third-order valence-corrected chi connectivity index (χ3v) is 3.27. The number of nitrogens with zero attached hydrogens (tertiary/aromatic N) is 1. The second kappa shape index (κ2) is 4.60. The molecule has 6 heteroatoms. The molecule has 1 heterocycles. The number of carbonyl (C=O) groups excluding carboxylic acids is 2. The van der Waals surface area contributed by atoms with Gasteiger partial charge in [-0.05, 0) is 32.0 Å². The molecule has 0 saturated carbocycles. The van der Waals surface area contributed by atoms with Gasteiger partial charge in [0.1, 0.15) is 17.2 Å². The van der Waals surface area contributed by atoms with Gasteiger partial charge in [-0.3, -0.25) is 9.59 Å². The number of hydrogen-bond donors (Lipinski definition) is 1. The summed E-state index contributed by atoms with van der Waals surface area (Å²) in [5.41, 5.74) is -1.04. The van der Waals surface area contributed by atoms with E-state index >= 15 is 0 Å². The largest absolute Gasteiger partial charge is 0.345 e. The molecule has 0 atom stereocenters. The van der Waals surface area contributed by atoms with Gasteiger partial charge in [-0.2, -0.15) is 0 Å². The zero-order valence-electron chi connectivity index (χ0n) is 10.7. The number of amides is 2. The highest BCUT2D eigenvalue weighted by atomic mass is 19.1. The summed E-state index contributed by atoms with van der Waals surface area (Å²) in [5, 5.41) is 2.47. The van der Waals surface area contributed by atoms with Gasteiger partial charge in [-0.1, -0.05) is 0 Å². The van der Waals surface area contributed by atoms with Crippen LogP contribution >= 0.6 is 0 Å². The standard InChI is InChI=1S/C13H14F2N2O2/c1-13(2)12(19)16-6-11(18)17(13)7-8-5-9(14)3-4-10(8)15/h3-5H,6-7H2,1-2H3,(H,16,19). The minimum atomic E-state index is -1.09. The van der Waals surface area contributed by atoms with Crippen LogP contribution in [0.5, 0.6) is 0 Å². The van der Waals surface area contributed by atoms with Crippen LogP contribution in [0.4, 0.5) is 8.78 Å². The van der Waals surface area contributed by atoms with Crippen molar-refractivity contribution in [3.63, 3.8) is 0 Å². The highest BCUT2D eigenvalue weighted by Crippen LogP contribution is 2.22. The van der Waals surface area contributed by atoms with Crippen LogP contribution in [0.15, 0.2) is 18.2 Å². The van der Waals surface area contributed by atoms with E-state index in [9.17, 15) is 18.4 Å². The summed E-state index contributed by atoms with van der Waals surface area (Å²) in [6, 6.07) is 3.05. The molecule has 102 valence electrons. The highest BCUT2D eigenvalue weighted by molar-refractivity contribution is 5.97. The molecule has 2 rings (SSSR count). The van der Waals surface area contributed by atoms with Gasteiger partial charge in [0.2, 0.25) is 11.8 Å². The molecule has 1 aliphatic heterocycles. The van der Waals surface area contributed by atoms with Crippen molar-refractivity contribution in [1.29, 1.82) is 0 Å². The van der Waals surface area contributed by atoms with Gasteiger partial charge in [-0.15, -0.1) is 0 Å². The molecule has 2 amide bonds. The van der Waals surface area contributed by atoms with Gasteiger partial charge in [0.25, 0.3) is 0 Å². The van der Waals surface area contributed by atoms with Gasteiger partial charge in [0.15, 0.2) is 0 Å². The molecule has 1 aromatic carbocycles. The van der Waals surface area contributed by atoms with Crippen molar-refractivity contribution in [2.24, 2.45) is 0 Å². The lowest BCUT2D eigenvalue weighted by Crippen LogP contribution is -2.63. The van der Waals surface area contributed by atoms with E-state index in [1.54, 1.807) is 13.8 Å². The van der Waals surface area contributed by atoms with Crippen molar-refractivity contribution in [3.05, 3.63) is 35.4 Å². The number of nitrogens with one attached hydrogen (secondary N) is 1. The maximum Gasteiger partial charge on any atom is 0.245 e. The molecule has 1 aromatic rings. The summed E-state index contributed by atoms with van der Waals surface area (Å²) in [7, 11) is 0. The van der Waals surface area contributed by atoms with Gasteiger partial charge >= 0.3 is 0 Å². The molecular formula is C13H14F2N2O2. The third kappa shape index (κ3) is 2.43. The van der Waals surface area contributed by atoms with Crippen molar-refractivity contribution in [2.75, 3.05) is 6.54 Å². The average Bonchev–Trinajstić information content (AvgIpc) is 2.34. The topological polar surface area (TPSA) is 49.4 Å². The molecule has 1 saturated heterocycles. The SMILES string of the molecule is CC1(C)C(=O)NCC(=O)N1Cc1cc(F)ccc1F. The van der Waals surface area contributed by atoms with Crippen molar-refractivity contribution in [3.8, 4) is 0 Å². The summed E-state index contributed by atoms with van der Waals surface area (Å²) in [6.07, 6.45) is 0. The predicted molar refractivity (Wildman–Crippen MR) is 64.0 cm³/mol. The lowest BCUT2D eigenvalue weighted by molar-refractivity contribution is -0.152. The molecule has 0 unspecified atom stereocenters. The van der Waals surface area contributed by atoms with E-state index < -0.39 is 17.2 Å². The van der Waals surface area contributed by atoms with E-state index in [4.69, 9.17) is 0 Å². The summed E-state index contributed by atoms with van der Waals surface area (Å²) in [6.45, 7) is 2.87. The highest BCUT2D eigenvalue weighted by Gasteiger charge is 2.41. The normalized spacial score (nSPS) is 18.4. The number of rotatable bonds is 2. The summed E-state index contributed by atoms with van der Waals surface area (Å²) in [5.74, 6) is -1.82. The Kier molecular flexibility index (Phi) is 3.26. The number of hydrogen-bond acceptors (Lipinski definition) is 2. The van der Waals surface area contributed by atoms with E-state index in [1.807, 2.05) is 0 Å². The first-order valence-electron chi connectivity index (χ1n) is 5.85. The summed E-state index contributed by atoms with van der Waals surface area (Å²) >= 11 is 0. The molecule has 1 N–H and O–H groups in total. The first kappa shape index (κ1) is 13.5. The predicted octanol–water partition coefficient (Wildman–Crippen LogP) is 1.20. The number of piperazine rings is 1. The van der Waals surface area contributed by atoms with Crippen LogP contribution in [0.25, 0.3) is 0 Å². The van der Waals surface area contributed by atoms with Crippen LogP contribution in [0, 0.1) is 11.6 Å². The Balaban J connectivity index is 2.32. The van der Waals surface area contributed by atoms with Crippen LogP contribution in [-0.4, -0.2) is 28.8 Å². The fraction of sp³-hybridized carbons (Fsp3) is 0.385. The van der Waals surface area contributed by atoms with Crippen molar-refractivity contribution in [2.45, 2.75) is 25.9 Å². The molecule has 0 bridgehead atoms. The molecule has 19 heavy (non-hydrogen) atoms. The Hall–Kier alpha value is -1.98. The van der Waals surface area contributed by atoms with Crippen LogP contribution < -0.4 is 5.32 Å². The average molecular weight is 268 g/mol. The molecule has 0 radical (unpaired) electrons. The monoisotopic (exact) mass is 268 g/mol. The van der Waals surface area contributed by atoms with E-state index in [-0.39, 0.29) is 30.5 Å². The Labute approximate surface area is 109 Å². The van der Waals surface area contributed by atoms with Crippen LogP contribution in [-0.2, 0) is 16.1 Å². The summed E-state index contributed by atoms with van der Waals surface area (Å²) < 4.78 is 26.7. The zero-order valence-corrected chi connectivity index (χ0v) is 10.7. The Morgan fingerprint density at radius 2 is 2.00 bits per heavy atom. The zero-order chi connectivity index (χ0) is 14.2. The van der Waals surface area contributed by atoms with Gasteiger partial charge in [0.05, 0.1) is 6.54 Å². The molecule has 4 nitrogen and oxygen atoms in total. The minimum Gasteiger partial charge on any atom is -0.345 e. The van der Waals surface area contributed by atoms with E-state index in [0.717, 1.165) is 18.2 Å². The molecule has 1 aliphatic rings. The molecule has 1 fully saturated rings. The van der Waals surface area contributed by atoms with Crippen molar-refractivity contribution < 1.29 is 18.4 Å². The fourth-order valence-electron chi connectivity index (χ4n) is 2.02. The lowest BCUT2D eigenvalue weighted by Gasteiger charge is -2.41. The van der Waals surface area contributed by atoms with Gasteiger partial charge in [-0.25, -0.2) is 8.78 Å². The Bertz CT molecular complexity index is 543. The Morgan fingerprint density at radius 1 is 1.32 bits per heavy atom. The van der Waals surface area contributed by atoms with Crippen molar-refractivity contribution >= 4 is 11.8 Å². The maximum absolute atomic E-state index is 13.6. The third-order valence-electron chi connectivity index (χ3n) is 3.27.